The minimum Gasteiger partial charge on any atom is -0.478 e. The molecule has 2 rings (SSSR count). The molecule has 0 amide bonds. The lowest BCUT2D eigenvalue weighted by molar-refractivity contribution is 0.0697. The van der Waals surface area contributed by atoms with Crippen LogP contribution in [0, 0.1) is 5.92 Å². The summed E-state index contributed by atoms with van der Waals surface area (Å²) in [6, 6.07) is 1.42. The van der Waals surface area contributed by atoms with Crippen molar-refractivity contribution in [1.82, 2.24) is 10.2 Å². The lowest BCUT2D eigenvalue weighted by atomic mass is 10.1. The summed E-state index contributed by atoms with van der Waals surface area (Å²) in [6.07, 6.45) is 3.67. The molecule has 2 atom stereocenters. The van der Waals surface area contributed by atoms with Gasteiger partial charge in [-0.25, -0.2) is 4.79 Å². The summed E-state index contributed by atoms with van der Waals surface area (Å²) >= 11 is 0. The monoisotopic (exact) mass is 237 g/mol. The van der Waals surface area contributed by atoms with E-state index in [1.807, 2.05) is 0 Å². The van der Waals surface area contributed by atoms with Crippen molar-refractivity contribution in [1.29, 1.82) is 0 Å². The van der Waals surface area contributed by atoms with Crippen molar-refractivity contribution in [2.75, 3.05) is 11.9 Å². The summed E-state index contributed by atoms with van der Waals surface area (Å²) in [5, 5.41) is 28.8. The van der Waals surface area contributed by atoms with Gasteiger partial charge in [0.15, 0.2) is 5.82 Å². The van der Waals surface area contributed by atoms with Gasteiger partial charge in [0.05, 0.1) is 12.3 Å². The summed E-state index contributed by atoms with van der Waals surface area (Å²) in [5.41, 5.74) is 0.124. The van der Waals surface area contributed by atoms with Gasteiger partial charge in [0, 0.05) is 6.54 Å². The molecule has 0 radical (unpaired) electrons. The molecule has 0 saturated heterocycles. The smallest absolute Gasteiger partial charge is 0.339 e. The van der Waals surface area contributed by atoms with E-state index in [4.69, 9.17) is 5.11 Å². The topological polar surface area (TPSA) is 95.3 Å². The Balaban J connectivity index is 1.97. The van der Waals surface area contributed by atoms with E-state index in [1.54, 1.807) is 0 Å². The van der Waals surface area contributed by atoms with E-state index in [2.05, 4.69) is 15.5 Å². The highest BCUT2D eigenvalue weighted by Crippen LogP contribution is 2.25. The first-order valence-electron chi connectivity index (χ1n) is 5.63. The van der Waals surface area contributed by atoms with Crippen molar-refractivity contribution in [2.45, 2.75) is 25.4 Å². The third-order valence-corrected chi connectivity index (χ3v) is 3.02. The van der Waals surface area contributed by atoms with Crippen LogP contribution in [0.1, 0.15) is 29.6 Å². The van der Waals surface area contributed by atoms with Crippen LogP contribution >= 0.6 is 0 Å². The molecule has 0 bridgehead atoms. The molecule has 1 aliphatic rings. The number of nitrogens with one attached hydrogen (secondary N) is 1. The molecule has 6 nitrogen and oxygen atoms in total. The number of hydrogen-bond acceptors (Lipinski definition) is 5. The third-order valence-electron chi connectivity index (χ3n) is 3.02. The standard InChI is InChI=1S/C11H15N3O3/c15-8-2-1-7(5-8)6-12-10-9(11(16)17)3-4-13-14-10/h3-4,7-8,15H,1-2,5-6H2,(H,12,14)(H,16,17). The minimum atomic E-state index is -1.02. The molecule has 1 heterocycles. The number of carboxylic acids is 1. The molecular weight excluding hydrogens is 222 g/mol. The van der Waals surface area contributed by atoms with Gasteiger partial charge in [-0.2, -0.15) is 5.10 Å². The van der Waals surface area contributed by atoms with Crippen LogP contribution in [-0.2, 0) is 0 Å². The van der Waals surface area contributed by atoms with Crippen molar-refractivity contribution < 1.29 is 15.0 Å². The maximum Gasteiger partial charge on any atom is 0.339 e. The fourth-order valence-corrected chi connectivity index (χ4v) is 2.11. The quantitative estimate of drug-likeness (QED) is 0.715. The maximum absolute atomic E-state index is 10.9. The number of rotatable bonds is 4. The molecule has 1 aliphatic carbocycles. The fourth-order valence-electron chi connectivity index (χ4n) is 2.11. The average Bonchev–Trinajstić information content (AvgIpc) is 2.73. The number of hydrogen-bond donors (Lipinski definition) is 3. The van der Waals surface area contributed by atoms with E-state index in [0.29, 0.717) is 18.3 Å². The summed E-state index contributed by atoms with van der Waals surface area (Å²) in [6.45, 7) is 0.621. The average molecular weight is 237 g/mol. The van der Waals surface area contributed by atoms with Crippen LogP contribution in [0.3, 0.4) is 0 Å². The molecular formula is C11H15N3O3. The summed E-state index contributed by atoms with van der Waals surface area (Å²) in [5.74, 6) is -0.358. The van der Waals surface area contributed by atoms with Crippen molar-refractivity contribution in [3.8, 4) is 0 Å². The molecule has 0 aliphatic heterocycles. The SMILES string of the molecule is O=C(O)c1ccnnc1NCC1CCC(O)C1. The fraction of sp³-hybridized carbons (Fsp3) is 0.545. The van der Waals surface area contributed by atoms with E-state index >= 15 is 0 Å². The van der Waals surface area contributed by atoms with E-state index in [9.17, 15) is 9.90 Å². The first kappa shape index (κ1) is 11.8. The van der Waals surface area contributed by atoms with Gasteiger partial charge in [0.2, 0.25) is 0 Å². The van der Waals surface area contributed by atoms with Crippen LogP contribution in [0.25, 0.3) is 0 Å². The normalized spacial score (nSPS) is 23.6. The predicted octanol–water partition coefficient (Wildman–Crippen LogP) is 0.748. The molecule has 92 valence electrons. The van der Waals surface area contributed by atoms with Crippen LogP contribution in [0.4, 0.5) is 5.82 Å². The van der Waals surface area contributed by atoms with Gasteiger partial charge >= 0.3 is 5.97 Å². The van der Waals surface area contributed by atoms with Crippen LogP contribution in [-0.4, -0.2) is 39.0 Å². The Morgan fingerprint density at radius 1 is 1.53 bits per heavy atom. The maximum atomic E-state index is 10.9. The molecule has 0 aromatic carbocycles. The molecule has 17 heavy (non-hydrogen) atoms. The summed E-state index contributed by atoms with van der Waals surface area (Å²) in [7, 11) is 0. The number of aliphatic hydroxyl groups is 1. The first-order chi connectivity index (χ1) is 8.16. The van der Waals surface area contributed by atoms with Gasteiger partial charge < -0.3 is 15.5 Å². The Kier molecular flexibility index (Phi) is 3.53. The van der Waals surface area contributed by atoms with Gasteiger partial charge in [-0.1, -0.05) is 0 Å². The van der Waals surface area contributed by atoms with Gasteiger partial charge in [0.25, 0.3) is 0 Å². The van der Waals surface area contributed by atoms with Crippen molar-refractivity contribution in [2.24, 2.45) is 5.92 Å². The zero-order valence-corrected chi connectivity index (χ0v) is 9.33. The number of carbonyl (C=O) groups is 1. The summed E-state index contributed by atoms with van der Waals surface area (Å²) in [4.78, 5) is 10.9. The highest BCUT2D eigenvalue weighted by Gasteiger charge is 2.23. The van der Waals surface area contributed by atoms with Crippen molar-refractivity contribution in [3.63, 3.8) is 0 Å². The number of aromatic carboxylic acids is 1. The Labute approximate surface area is 98.7 Å². The third kappa shape index (κ3) is 2.91. The molecule has 1 aromatic heterocycles. The van der Waals surface area contributed by atoms with Gasteiger partial charge in [-0.15, -0.1) is 5.10 Å². The van der Waals surface area contributed by atoms with Gasteiger partial charge in [-0.3, -0.25) is 0 Å². The number of nitrogens with zero attached hydrogens (tertiary/aromatic N) is 2. The Morgan fingerprint density at radius 2 is 2.35 bits per heavy atom. The second kappa shape index (κ2) is 5.09. The largest absolute Gasteiger partial charge is 0.478 e. The van der Waals surface area contributed by atoms with E-state index in [0.717, 1.165) is 19.3 Å². The highest BCUT2D eigenvalue weighted by molar-refractivity contribution is 5.92. The number of anilines is 1. The highest BCUT2D eigenvalue weighted by atomic mass is 16.4. The molecule has 6 heteroatoms. The molecule has 0 spiro atoms. The van der Waals surface area contributed by atoms with Crippen LogP contribution in [0.5, 0.6) is 0 Å². The Hall–Kier alpha value is -1.69. The van der Waals surface area contributed by atoms with E-state index in [-0.39, 0.29) is 11.7 Å². The zero-order valence-electron chi connectivity index (χ0n) is 9.33. The lowest BCUT2D eigenvalue weighted by Crippen LogP contribution is -2.16. The Morgan fingerprint density at radius 3 is 3.00 bits per heavy atom. The predicted molar refractivity (Wildman–Crippen MR) is 60.8 cm³/mol. The number of carboxylic acid groups (broad SMARTS) is 1. The number of aromatic nitrogens is 2. The Bertz CT molecular complexity index is 411. The second-order valence-corrected chi connectivity index (χ2v) is 4.31. The summed E-state index contributed by atoms with van der Waals surface area (Å²) < 4.78 is 0. The van der Waals surface area contributed by atoms with E-state index < -0.39 is 5.97 Å². The van der Waals surface area contributed by atoms with E-state index in [1.165, 1.54) is 12.3 Å². The zero-order chi connectivity index (χ0) is 12.3. The van der Waals surface area contributed by atoms with Gasteiger partial charge in [-0.05, 0) is 31.2 Å². The van der Waals surface area contributed by atoms with Crippen molar-refractivity contribution >= 4 is 11.8 Å². The molecule has 2 unspecified atom stereocenters. The molecule has 1 saturated carbocycles. The van der Waals surface area contributed by atoms with Crippen LogP contribution in [0.2, 0.25) is 0 Å². The minimum absolute atomic E-state index is 0.124. The second-order valence-electron chi connectivity index (χ2n) is 4.31. The molecule has 3 N–H and O–H groups in total. The molecule has 1 fully saturated rings. The molecule has 1 aromatic rings. The first-order valence-corrected chi connectivity index (χ1v) is 5.63. The van der Waals surface area contributed by atoms with Crippen molar-refractivity contribution in [3.05, 3.63) is 17.8 Å². The number of aliphatic hydroxyl groups excluding tert-OH is 1. The lowest BCUT2D eigenvalue weighted by Gasteiger charge is -2.12. The van der Waals surface area contributed by atoms with Crippen LogP contribution < -0.4 is 5.32 Å². The van der Waals surface area contributed by atoms with Crippen LogP contribution in [0.15, 0.2) is 12.3 Å². The van der Waals surface area contributed by atoms with Gasteiger partial charge in [0.1, 0.15) is 5.56 Å².